The highest BCUT2D eigenvalue weighted by Gasteiger charge is 2.54. The maximum atomic E-state index is 13.8. The van der Waals surface area contributed by atoms with Crippen molar-refractivity contribution in [3.63, 3.8) is 0 Å². The summed E-state index contributed by atoms with van der Waals surface area (Å²) in [6.45, 7) is 5.02. The predicted octanol–water partition coefficient (Wildman–Crippen LogP) is 2.22. The summed E-state index contributed by atoms with van der Waals surface area (Å²) in [4.78, 5) is 47.2. The fourth-order valence-corrected chi connectivity index (χ4v) is 4.68. The van der Waals surface area contributed by atoms with Gasteiger partial charge in [-0.3, -0.25) is 24.3 Å². The third-order valence-corrected chi connectivity index (χ3v) is 6.64. The summed E-state index contributed by atoms with van der Waals surface area (Å²) in [7, 11) is 1.56. The molecule has 3 amide bonds. The van der Waals surface area contributed by atoms with Gasteiger partial charge in [0.05, 0.1) is 26.0 Å². The zero-order valence-corrected chi connectivity index (χ0v) is 20.4. The van der Waals surface area contributed by atoms with Crippen molar-refractivity contribution in [2.45, 2.75) is 45.0 Å². The van der Waals surface area contributed by atoms with Gasteiger partial charge in [-0.2, -0.15) is 0 Å². The van der Waals surface area contributed by atoms with E-state index in [1.54, 1.807) is 42.5 Å². The Labute approximate surface area is 205 Å². The van der Waals surface area contributed by atoms with Crippen LogP contribution in [0.15, 0.2) is 48.7 Å². The normalized spacial score (nSPS) is 19.1. The van der Waals surface area contributed by atoms with Crippen LogP contribution in [0.2, 0.25) is 0 Å². The van der Waals surface area contributed by atoms with Gasteiger partial charge in [-0.25, -0.2) is 0 Å². The van der Waals surface area contributed by atoms with Gasteiger partial charge in [0, 0.05) is 43.6 Å². The minimum absolute atomic E-state index is 0.0792. The number of hydrogen-bond donors (Lipinski definition) is 1. The summed E-state index contributed by atoms with van der Waals surface area (Å²) >= 11 is 0. The van der Waals surface area contributed by atoms with Crippen LogP contribution in [0.1, 0.15) is 42.7 Å². The first-order valence-electron chi connectivity index (χ1n) is 11.9. The number of benzene rings is 1. The number of likely N-dealkylation sites (tertiary alicyclic amines) is 1. The predicted molar refractivity (Wildman–Crippen MR) is 128 cm³/mol. The lowest BCUT2D eigenvalue weighted by Gasteiger charge is -2.44. The summed E-state index contributed by atoms with van der Waals surface area (Å²) in [5.74, 6) is 0.0344. The minimum Gasteiger partial charge on any atom is -0.497 e. The number of amides is 3. The second-order valence-corrected chi connectivity index (χ2v) is 9.20. The Kier molecular flexibility index (Phi) is 7.35. The van der Waals surface area contributed by atoms with Crippen molar-refractivity contribution in [3.05, 3.63) is 59.9 Å². The SMILES string of the molecule is COc1ccc(C(=O)N2C(C(=O)NCc3ccccn3)COC23CCN(C(=O)C(C)C)CC3)cc1. The van der Waals surface area contributed by atoms with E-state index in [-0.39, 0.29) is 36.8 Å². The van der Waals surface area contributed by atoms with E-state index >= 15 is 0 Å². The standard InChI is InChI=1S/C26H32N4O5/c1-18(2)24(32)29-14-11-26(12-15-29)30(25(33)19-7-9-21(34-3)10-8-19)22(17-35-26)23(31)28-16-20-6-4-5-13-27-20/h4-10,13,18,22H,11-12,14-17H2,1-3H3,(H,28,31). The summed E-state index contributed by atoms with van der Waals surface area (Å²) in [6.07, 6.45) is 2.55. The van der Waals surface area contributed by atoms with E-state index in [2.05, 4.69) is 10.3 Å². The number of pyridine rings is 1. The maximum absolute atomic E-state index is 13.8. The molecule has 9 heteroatoms. The highest BCUT2D eigenvalue weighted by Crippen LogP contribution is 2.39. The first-order valence-corrected chi connectivity index (χ1v) is 11.9. The molecule has 1 aromatic carbocycles. The van der Waals surface area contributed by atoms with Crippen LogP contribution in [0.4, 0.5) is 0 Å². The molecule has 2 aliphatic rings. The molecule has 1 spiro atoms. The lowest BCUT2D eigenvalue weighted by molar-refractivity contribution is -0.146. The van der Waals surface area contributed by atoms with Crippen LogP contribution in [0.25, 0.3) is 0 Å². The van der Waals surface area contributed by atoms with E-state index < -0.39 is 11.8 Å². The fraction of sp³-hybridized carbons (Fsp3) is 0.462. The van der Waals surface area contributed by atoms with E-state index in [0.29, 0.717) is 37.2 Å². The zero-order chi connectivity index (χ0) is 25.0. The molecule has 9 nitrogen and oxygen atoms in total. The number of ether oxygens (including phenoxy) is 2. The minimum atomic E-state index is -0.947. The smallest absolute Gasteiger partial charge is 0.256 e. The number of nitrogens with one attached hydrogen (secondary N) is 1. The van der Waals surface area contributed by atoms with Crippen LogP contribution in [-0.2, 0) is 20.9 Å². The molecule has 2 aromatic rings. The lowest BCUT2D eigenvalue weighted by Crippen LogP contribution is -2.60. The first kappa shape index (κ1) is 24.7. The van der Waals surface area contributed by atoms with Crippen molar-refractivity contribution < 1.29 is 23.9 Å². The molecule has 0 bridgehead atoms. The van der Waals surface area contributed by atoms with Gasteiger partial charge >= 0.3 is 0 Å². The van der Waals surface area contributed by atoms with Crippen molar-refractivity contribution in [3.8, 4) is 5.75 Å². The van der Waals surface area contributed by atoms with Gasteiger partial charge < -0.3 is 19.7 Å². The molecule has 2 saturated heterocycles. The molecule has 35 heavy (non-hydrogen) atoms. The Morgan fingerprint density at radius 3 is 2.46 bits per heavy atom. The van der Waals surface area contributed by atoms with Crippen LogP contribution in [0.3, 0.4) is 0 Å². The highest BCUT2D eigenvalue weighted by molar-refractivity contribution is 5.98. The largest absolute Gasteiger partial charge is 0.497 e. The quantitative estimate of drug-likeness (QED) is 0.681. The molecule has 1 N–H and O–H groups in total. The van der Waals surface area contributed by atoms with E-state index in [9.17, 15) is 14.4 Å². The summed E-state index contributed by atoms with van der Waals surface area (Å²) in [5, 5.41) is 2.90. The Morgan fingerprint density at radius 1 is 1.14 bits per heavy atom. The Hall–Kier alpha value is -3.46. The molecule has 1 atom stereocenters. The molecular weight excluding hydrogens is 448 g/mol. The lowest BCUT2D eigenvalue weighted by atomic mass is 9.95. The number of methoxy groups -OCH3 is 1. The molecule has 1 aromatic heterocycles. The maximum Gasteiger partial charge on any atom is 0.256 e. The molecule has 0 radical (unpaired) electrons. The van der Waals surface area contributed by atoms with Gasteiger partial charge in [0.25, 0.3) is 5.91 Å². The van der Waals surface area contributed by atoms with Crippen molar-refractivity contribution in [1.82, 2.24) is 20.1 Å². The van der Waals surface area contributed by atoms with Gasteiger partial charge in [0.2, 0.25) is 11.8 Å². The summed E-state index contributed by atoms with van der Waals surface area (Å²) in [5.41, 5.74) is 0.222. The molecule has 2 aliphatic heterocycles. The third kappa shape index (κ3) is 5.14. The van der Waals surface area contributed by atoms with Crippen LogP contribution >= 0.6 is 0 Å². The molecule has 2 fully saturated rings. The average Bonchev–Trinajstić information content (AvgIpc) is 3.26. The number of nitrogens with zero attached hydrogens (tertiary/aromatic N) is 3. The van der Waals surface area contributed by atoms with Gasteiger partial charge in [0.1, 0.15) is 17.5 Å². The Balaban J connectivity index is 1.57. The van der Waals surface area contributed by atoms with E-state index in [4.69, 9.17) is 9.47 Å². The highest BCUT2D eigenvalue weighted by atomic mass is 16.5. The zero-order valence-electron chi connectivity index (χ0n) is 20.4. The van der Waals surface area contributed by atoms with Crippen LogP contribution in [0, 0.1) is 5.92 Å². The summed E-state index contributed by atoms with van der Waals surface area (Å²) < 4.78 is 11.4. The second-order valence-electron chi connectivity index (χ2n) is 9.20. The monoisotopic (exact) mass is 480 g/mol. The Bertz CT molecular complexity index is 1050. The average molecular weight is 481 g/mol. The van der Waals surface area contributed by atoms with Crippen LogP contribution in [-0.4, -0.2) is 71.1 Å². The first-order chi connectivity index (χ1) is 16.8. The number of rotatable bonds is 6. The third-order valence-electron chi connectivity index (χ3n) is 6.64. The fourth-order valence-electron chi connectivity index (χ4n) is 4.68. The second kappa shape index (κ2) is 10.4. The van der Waals surface area contributed by atoms with Crippen molar-refractivity contribution in [2.24, 2.45) is 5.92 Å². The van der Waals surface area contributed by atoms with Crippen LogP contribution in [0.5, 0.6) is 5.75 Å². The van der Waals surface area contributed by atoms with Gasteiger partial charge in [-0.15, -0.1) is 0 Å². The van der Waals surface area contributed by atoms with E-state index in [1.807, 2.05) is 36.9 Å². The van der Waals surface area contributed by atoms with E-state index in [0.717, 1.165) is 5.69 Å². The molecular formula is C26H32N4O5. The van der Waals surface area contributed by atoms with Crippen molar-refractivity contribution >= 4 is 17.7 Å². The summed E-state index contributed by atoms with van der Waals surface area (Å²) in [6, 6.07) is 11.5. The van der Waals surface area contributed by atoms with Crippen molar-refractivity contribution in [2.75, 3.05) is 26.8 Å². The van der Waals surface area contributed by atoms with E-state index in [1.165, 1.54) is 0 Å². The van der Waals surface area contributed by atoms with Gasteiger partial charge in [-0.05, 0) is 36.4 Å². The number of hydrogen-bond acceptors (Lipinski definition) is 6. The van der Waals surface area contributed by atoms with Gasteiger partial charge in [0.15, 0.2) is 0 Å². The molecule has 3 heterocycles. The van der Waals surface area contributed by atoms with Gasteiger partial charge in [-0.1, -0.05) is 19.9 Å². The Morgan fingerprint density at radius 2 is 1.86 bits per heavy atom. The number of carbonyl (C=O) groups excluding carboxylic acids is 3. The number of piperidine rings is 1. The number of aromatic nitrogens is 1. The molecule has 0 aliphatic carbocycles. The topological polar surface area (TPSA) is 101 Å². The van der Waals surface area contributed by atoms with Crippen LogP contribution < -0.4 is 10.1 Å². The molecule has 0 saturated carbocycles. The molecule has 1 unspecified atom stereocenters. The van der Waals surface area contributed by atoms with Crippen molar-refractivity contribution in [1.29, 1.82) is 0 Å². The molecule has 4 rings (SSSR count). The number of carbonyl (C=O) groups is 3. The molecule has 186 valence electrons.